The average molecular weight is 362 g/mol. The predicted octanol–water partition coefficient (Wildman–Crippen LogP) is 3.13. The van der Waals surface area contributed by atoms with Gasteiger partial charge in [0.15, 0.2) is 9.84 Å². The maximum atomic E-state index is 12.9. The van der Waals surface area contributed by atoms with E-state index in [0.717, 1.165) is 23.3 Å². The summed E-state index contributed by atoms with van der Waals surface area (Å²) in [6.07, 6.45) is 0. The number of carbonyl (C=O) groups excluding carboxylic acids is 1. The number of halogens is 1. The Labute approximate surface area is 146 Å². The smallest absolute Gasteiger partial charge is 0.321 e. The van der Waals surface area contributed by atoms with Gasteiger partial charge in [-0.25, -0.2) is 17.6 Å². The summed E-state index contributed by atoms with van der Waals surface area (Å²) >= 11 is 0. The number of aryl methyl sites for hydroxylation is 2. The summed E-state index contributed by atoms with van der Waals surface area (Å²) in [5.41, 5.74) is 2.88. The van der Waals surface area contributed by atoms with E-state index in [1.54, 1.807) is 0 Å². The van der Waals surface area contributed by atoms with Gasteiger partial charge in [0.1, 0.15) is 11.1 Å². The van der Waals surface area contributed by atoms with Crippen molar-refractivity contribution in [1.82, 2.24) is 4.90 Å². The van der Waals surface area contributed by atoms with E-state index in [1.165, 1.54) is 17.0 Å². The Kier molecular flexibility index (Phi) is 4.51. The zero-order valence-electron chi connectivity index (χ0n) is 14.0. The van der Waals surface area contributed by atoms with Crippen molar-refractivity contribution in [1.29, 1.82) is 0 Å². The van der Waals surface area contributed by atoms with Crippen LogP contribution in [-0.4, -0.2) is 37.7 Å². The molecule has 132 valence electrons. The van der Waals surface area contributed by atoms with Gasteiger partial charge in [0.2, 0.25) is 0 Å². The minimum Gasteiger partial charge on any atom is -0.322 e. The number of hydrogen-bond acceptors (Lipinski definition) is 3. The van der Waals surface area contributed by atoms with E-state index in [-0.39, 0.29) is 24.0 Å². The number of urea groups is 1. The quantitative estimate of drug-likeness (QED) is 0.853. The summed E-state index contributed by atoms with van der Waals surface area (Å²) in [6, 6.07) is 10.0. The van der Waals surface area contributed by atoms with Crippen LogP contribution in [0.25, 0.3) is 0 Å². The van der Waals surface area contributed by atoms with E-state index >= 15 is 0 Å². The summed E-state index contributed by atoms with van der Waals surface area (Å²) in [6.45, 7) is 4.19. The summed E-state index contributed by atoms with van der Waals surface area (Å²) < 4.78 is 37.9. The minimum atomic E-state index is -3.56. The predicted molar refractivity (Wildman–Crippen MR) is 93.9 cm³/mol. The van der Waals surface area contributed by atoms with Crippen molar-refractivity contribution in [2.24, 2.45) is 0 Å². The fraction of sp³-hybridized carbons (Fsp3) is 0.278. The lowest BCUT2D eigenvalue weighted by atomic mass is 10.1. The van der Waals surface area contributed by atoms with E-state index in [1.807, 2.05) is 32.0 Å². The van der Waals surface area contributed by atoms with Crippen LogP contribution in [0, 0.1) is 19.7 Å². The zero-order chi connectivity index (χ0) is 18.2. The van der Waals surface area contributed by atoms with Crippen LogP contribution in [0.3, 0.4) is 0 Å². The van der Waals surface area contributed by atoms with Crippen LogP contribution in [0.2, 0.25) is 0 Å². The largest absolute Gasteiger partial charge is 0.322 e. The molecule has 1 saturated heterocycles. The molecule has 1 aliphatic heterocycles. The lowest BCUT2D eigenvalue weighted by molar-refractivity contribution is 0.182. The Morgan fingerprint density at radius 1 is 1.08 bits per heavy atom. The number of anilines is 1. The van der Waals surface area contributed by atoms with Crippen molar-refractivity contribution in [3.05, 3.63) is 59.4 Å². The van der Waals surface area contributed by atoms with Crippen LogP contribution < -0.4 is 5.32 Å². The molecular weight excluding hydrogens is 343 g/mol. The molecule has 7 heteroatoms. The second-order valence-corrected chi connectivity index (χ2v) is 8.48. The van der Waals surface area contributed by atoms with Crippen molar-refractivity contribution < 1.29 is 17.6 Å². The van der Waals surface area contributed by atoms with Crippen molar-refractivity contribution in [2.75, 3.05) is 18.4 Å². The molecule has 1 aliphatic rings. The summed E-state index contributed by atoms with van der Waals surface area (Å²) in [5.74, 6) is -0.484. The number of sulfone groups is 1. The van der Waals surface area contributed by atoms with Gasteiger partial charge in [0.05, 0.1) is 4.90 Å². The highest BCUT2D eigenvalue weighted by molar-refractivity contribution is 7.92. The fourth-order valence-corrected chi connectivity index (χ4v) is 4.29. The summed E-state index contributed by atoms with van der Waals surface area (Å²) in [5, 5.41) is 2.11. The minimum absolute atomic E-state index is 0.0770. The van der Waals surface area contributed by atoms with Gasteiger partial charge >= 0.3 is 6.03 Å². The van der Waals surface area contributed by atoms with Crippen molar-refractivity contribution >= 4 is 21.6 Å². The van der Waals surface area contributed by atoms with Crippen LogP contribution in [0.15, 0.2) is 47.4 Å². The van der Waals surface area contributed by atoms with Crippen LogP contribution in [0.5, 0.6) is 0 Å². The Hall–Kier alpha value is -2.41. The topological polar surface area (TPSA) is 66.5 Å². The molecule has 0 radical (unpaired) electrons. The molecule has 0 bridgehead atoms. The monoisotopic (exact) mass is 362 g/mol. The third kappa shape index (κ3) is 3.51. The van der Waals surface area contributed by atoms with Crippen LogP contribution in [0.4, 0.5) is 14.9 Å². The first-order valence-electron chi connectivity index (χ1n) is 7.90. The van der Waals surface area contributed by atoms with E-state index in [2.05, 4.69) is 5.32 Å². The summed E-state index contributed by atoms with van der Waals surface area (Å²) in [7, 11) is -3.56. The molecule has 0 spiro atoms. The molecule has 0 atom stereocenters. The van der Waals surface area contributed by atoms with Gasteiger partial charge in [0, 0.05) is 18.8 Å². The highest BCUT2D eigenvalue weighted by atomic mass is 32.2. The number of nitrogens with zero attached hydrogens (tertiary/aromatic N) is 1. The van der Waals surface area contributed by atoms with E-state index in [9.17, 15) is 17.6 Å². The summed E-state index contributed by atoms with van der Waals surface area (Å²) in [4.78, 5) is 13.7. The second-order valence-electron chi connectivity index (χ2n) is 6.26. The second kappa shape index (κ2) is 6.48. The van der Waals surface area contributed by atoms with Gasteiger partial charge in [-0.15, -0.1) is 0 Å². The number of rotatable bonds is 3. The molecule has 1 N–H and O–H groups in total. The zero-order valence-corrected chi connectivity index (χ0v) is 14.8. The molecule has 1 fully saturated rings. The fourth-order valence-electron chi connectivity index (χ4n) is 2.64. The van der Waals surface area contributed by atoms with E-state index in [0.29, 0.717) is 5.69 Å². The Morgan fingerprint density at radius 3 is 2.32 bits per heavy atom. The van der Waals surface area contributed by atoms with Gasteiger partial charge in [-0.1, -0.05) is 6.07 Å². The normalized spacial score (nSPS) is 14.9. The van der Waals surface area contributed by atoms with Crippen LogP contribution in [0.1, 0.15) is 11.1 Å². The third-order valence-electron chi connectivity index (χ3n) is 4.47. The van der Waals surface area contributed by atoms with E-state index < -0.39 is 20.9 Å². The highest BCUT2D eigenvalue weighted by Crippen LogP contribution is 2.25. The molecule has 0 aromatic heterocycles. The highest BCUT2D eigenvalue weighted by Gasteiger charge is 2.40. The van der Waals surface area contributed by atoms with Gasteiger partial charge in [-0.2, -0.15) is 0 Å². The molecule has 0 saturated carbocycles. The molecule has 0 aliphatic carbocycles. The molecule has 1 heterocycles. The lowest BCUT2D eigenvalue weighted by Crippen LogP contribution is -2.58. The standard InChI is InChI=1S/C18H19FN2O3S/c1-12-3-6-15(9-13(12)2)20-18(22)21-10-17(11-21)25(23,24)16-7-4-14(19)5-8-16/h3-9,17H,10-11H2,1-2H3,(H,20,22). The molecule has 2 aromatic rings. The number of hydrogen-bond donors (Lipinski definition) is 1. The lowest BCUT2D eigenvalue weighted by Gasteiger charge is -2.38. The maximum Gasteiger partial charge on any atom is 0.321 e. The molecule has 25 heavy (non-hydrogen) atoms. The molecule has 0 unspecified atom stereocenters. The molecule has 5 nitrogen and oxygen atoms in total. The maximum absolute atomic E-state index is 12.9. The number of nitrogens with one attached hydrogen (secondary N) is 1. The van der Waals surface area contributed by atoms with Gasteiger partial charge in [-0.05, 0) is 61.4 Å². The third-order valence-corrected chi connectivity index (χ3v) is 6.58. The van der Waals surface area contributed by atoms with Crippen LogP contribution in [-0.2, 0) is 9.84 Å². The van der Waals surface area contributed by atoms with Crippen molar-refractivity contribution in [3.63, 3.8) is 0 Å². The van der Waals surface area contributed by atoms with Crippen molar-refractivity contribution in [3.8, 4) is 0 Å². The van der Waals surface area contributed by atoms with Crippen molar-refractivity contribution in [2.45, 2.75) is 24.0 Å². The van der Waals surface area contributed by atoms with E-state index in [4.69, 9.17) is 0 Å². The molecule has 3 rings (SSSR count). The first-order valence-corrected chi connectivity index (χ1v) is 9.44. The Bertz CT molecular complexity index is 904. The number of benzene rings is 2. The molecular formula is C18H19FN2O3S. The first-order chi connectivity index (χ1) is 11.8. The molecule has 2 amide bonds. The molecule has 2 aromatic carbocycles. The number of carbonyl (C=O) groups is 1. The first kappa shape index (κ1) is 17.4. The Balaban J connectivity index is 1.62. The van der Waals surface area contributed by atoms with Gasteiger partial charge in [0.25, 0.3) is 0 Å². The number of likely N-dealkylation sites (tertiary alicyclic amines) is 1. The van der Waals surface area contributed by atoms with Crippen LogP contribution >= 0.6 is 0 Å². The van der Waals surface area contributed by atoms with Gasteiger partial charge < -0.3 is 10.2 Å². The van der Waals surface area contributed by atoms with Gasteiger partial charge in [-0.3, -0.25) is 0 Å². The SMILES string of the molecule is Cc1ccc(NC(=O)N2CC(S(=O)(=O)c3ccc(F)cc3)C2)cc1C. The number of amides is 2. The average Bonchev–Trinajstić information content (AvgIpc) is 2.49. The Morgan fingerprint density at radius 2 is 1.72 bits per heavy atom.